The molecular formula is C25H16Cl2N4O3. The highest BCUT2D eigenvalue weighted by Crippen LogP contribution is 2.29. The van der Waals surface area contributed by atoms with Gasteiger partial charge in [-0.15, -0.1) is 0 Å². The molecule has 0 bridgehead atoms. The summed E-state index contributed by atoms with van der Waals surface area (Å²) in [6, 6.07) is 20.0. The fraction of sp³-hybridized carbons (Fsp3) is 0.0400. The zero-order chi connectivity index (χ0) is 23.8. The van der Waals surface area contributed by atoms with Gasteiger partial charge in [-0.2, -0.15) is 5.10 Å². The Hall–Kier alpha value is -3.94. The van der Waals surface area contributed by atoms with Crippen molar-refractivity contribution in [2.45, 2.75) is 6.54 Å². The van der Waals surface area contributed by atoms with Gasteiger partial charge in [-0.3, -0.25) is 19.1 Å². The number of aromatic nitrogens is 2. The summed E-state index contributed by atoms with van der Waals surface area (Å²) in [6.45, 7) is 0.446. The molecule has 7 nitrogen and oxygen atoms in total. The average molecular weight is 491 g/mol. The number of hydrogen-bond acceptors (Lipinski definition) is 4. The zero-order valence-corrected chi connectivity index (χ0v) is 19.0. The molecule has 2 heterocycles. The van der Waals surface area contributed by atoms with Crippen LogP contribution in [0, 0.1) is 0 Å². The Balaban J connectivity index is 1.31. The van der Waals surface area contributed by atoms with E-state index in [1.165, 1.54) is 6.07 Å². The molecule has 0 radical (unpaired) electrons. The third-order valence-corrected chi connectivity index (χ3v) is 6.11. The number of carbonyl (C=O) groups is 3. The number of imide groups is 1. The van der Waals surface area contributed by atoms with Crippen LogP contribution in [-0.4, -0.2) is 27.5 Å². The Bertz CT molecular complexity index is 1430. The summed E-state index contributed by atoms with van der Waals surface area (Å²) in [6.07, 6.45) is 1.73. The monoisotopic (exact) mass is 490 g/mol. The second-order valence-corrected chi connectivity index (χ2v) is 8.46. The predicted octanol–water partition coefficient (Wildman–Crippen LogP) is 5.29. The molecule has 1 N–H and O–H groups in total. The van der Waals surface area contributed by atoms with Gasteiger partial charge in [-0.25, -0.2) is 4.90 Å². The van der Waals surface area contributed by atoms with Gasteiger partial charge < -0.3 is 5.32 Å². The van der Waals surface area contributed by atoms with Gasteiger partial charge in [0.05, 0.1) is 33.4 Å². The van der Waals surface area contributed by atoms with Crippen molar-refractivity contribution in [3.05, 3.63) is 111 Å². The number of halogens is 2. The van der Waals surface area contributed by atoms with Crippen molar-refractivity contribution in [3.8, 4) is 0 Å². The fourth-order valence-corrected chi connectivity index (χ4v) is 4.06. The van der Waals surface area contributed by atoms with E-state index in [0.717, 1.165) is 10.5 Å². The van der Waals surface area contributed by atoms with Gasteiger partial charge >= 0.3 is 0 Å². The predicted molar refractivity (Wildman–Crippen MR) is 130 cm³/mol. The number of carbonyl (C=O) groups excluding carboxylic acids is 3. The lowest BCUT2D eigenvalue weighted by molar-refractivity contribution is 0.0924. The summed E-state index contributed by atoms with van der Waals surface area (Å²) in [4.78, 5) is 39.4. The molecule has 0 fully saturated rings. The van der Waals surface area contributed by atoms with Crippen LogP contribution in [0.3, 0.4) is 0 Å². The molecule has 5 rings (SSSR count). The van der Waals surface area contributed by atoms with Gasteiger partial charge in [-0.05, 0) is 48.0 Å². The van der Waals surface area contributed by atoms with Crippen molar-refractivity contribution in [2.24, 2.45) is 0 Å². The Labute approximate surface area is 204 Å². The number of nitrogens with one attached hydrogen (secondary N) is 1. The van der Waals surface area contributed by atoms with Crippen LogP contribution in [0.25, 0.3) is 0 Å². The van der Waals surface area contributed by atoms with Crippen LogP contribution >= 0.6 is 23.2 Å². The quantitative estimate of drug-likeness (QED) is 0.385. The number of hydrogen-bond donors (Lipinski definition) is 1. The first-order valence-corrected chi connectivity index (χ1v) is 11.0. The summed E-state index contributed by atoms with van der Waals surface area (Å²) in [5, 5.41) is 8.03. The lowest BCUT2D eigenvalue weighted by Gasteiger charge is -2.14. The molecule has 0 spiro atoms. The molecule has 0 atom stereocenters. The Morgan fingerprint density at radius 2 is 1.59 bits per heavy atom. The van der Waals surface area contributed by atoms with Crippen LogP contribution in [0.1, 0.15) is 36.6 Å². The third kappa shape index (κ3) is 4.07. The summed E-state index contributed by atoms with van der Waals surface area (Å²) >= 11 is 12.0. The van der Waals surface area contributed by atoms with E-state index in [1.54, 1.807) is 71.5 Å². The van der Waals surface area contributed by atoms with E-state index in [0.29, 0.717) is 39.2 Å². The van der Waals surface area contributed by atoms with Crippen molar-refractivity contribution >= 4 is 52.4 Å². The normalized spacial score (nSPS) is 12.7. The second kappa shape index (κ2) is 8.78. The molecule has 1 aromatic heterocycles. The van der Waals surface area contributed by atoms with Gasteiger partial charge in [0.25, 0.3) is 17.7 Å². The number of rotatable bonds is 5. The fourth-order valence-electron chi connectivity index (χ4n) is 3.74. The zero-order valence-electron chi connectivity index (χ0n) is 17.5. The third-order valence-electron chi connectivity index (χ3n) is 5.37. The Kier molecular flexibility index (Phi) is 5.65. The van der Waals surface area contributed by atoms with Gasteiger partial charge in [-0.1, -0.05) is 47.5 Å². The molecule has 0 saturated carbocycles. The van der Waals surface area contributed by atoms with Crippen molar-refractivity contribution in [2.75, 3.05) is 10.2 Å². The van der Waals surface area contributed by atoms with E-state index in [-0.39, 0.29) is 5.56 Å². The summed E-state index contributed by atoms with van der Waals surface area (Å²) in [5.41, 5.74) is 2.20. The van der Waals surface area contributed by atoms with Crippen LogP contribution in [0.2, 0.25) is 10.0 Å². The molecule has 168 valence electrons. The molecule has 9 heteroatoms. The highest BCUT2D eigenvalue weighted by molar-refractivity contribution is 6.42. The standard InChI is InChI=1S/C25H16Cl2N4O3/c26-20-9-8-15(12-21(20)27)14-30-11-10-22(29-30)28-23(32)16-4-3-5-17(13-16)31-24(33)18-6-1-2-7-19(18)25(31)34/h1-13H,14H2,(H,28,29,32). The van der Waals surface area contributed by atoms with E-state index < -0.39 is 17.7 Å². The number of fused-ring (bicyclic) bond motifs is 1. The summed E-state index contributed by atoms with van der Waals surface area (Å²) in [5.74, 6) is -0.896. The molecule has 1 aliphatic heterocycles. The maximum absolute atomic E-state index is 12.8. The molecule has 4 aromatic rings. The first kappa shape index (κ1) is 21.9. The lowest BCUT2D eigenvalue weighted by Crippen LogP contribution is -2.29. The molecule has 3 amide bonds. The van der Waals surface area contributed by atoms with Gasteiger partial charge in [0.15, 0.2) is 5.82 Å². The van der Waals surface area contributed by atoms with Crippen LogP contribution in [0.15, 0.2) is 79.0 Å². The molecule has 34 heavy (non-hydrogen) atoms. The minimum atomic E-state index is -0.418. The van der Waals surface area contributed by atoms with E-state index in [4.69, 9.17) is 23.2 Å². The number of benzene rings is 3. The smallest absolute Gasteiger partial charge is 0.266 e. The minimum Gasteiger partial charge on any atom is -0.305 e. The maximum Gasteiger partial charge on any atom is 0.266 e. The molecule has 3 aromatic carbocycles. The first-order chi connectivity index (χ1) is 16.4. The van der Waals surface area contributed by atoms with Crippen molar-refractivity contribution in [1.29, 1.82) is 0 Å². The molecule has 0 saturated heterocycles. The highest BCUT2D eigenvalue weighted by atomic mass is 35.5. The molecule has 1 aliphatic rings. The molecule has 0 unspecified atom stereocenters. The van der Waals surface area contributed by atoms with E-state index in [9.17, 15) is 14.4 Å². The lowest BCUT2D eigenvalue weighted by atomic mass is 10.1. The van der Waals surface area contributed by atoms with Gasteiger partial charge in [0.2, 0.25) is 0 Å². The average Bonchev–Trinajstić information content (AvgIpc) is 3.38. The SMILES string of the molecule is O=C(Nc1ccn(Cc2ccc(Cl)c(Cl)c2)n1)c1cccc(N2C(=O)c3ccccc3C2=O)c1. The number of amides is 3. The van der Waals surface area contributed by atoms with Crippen LogP contribution in [-0.2, 0) is 6.54 Å². The Morgan fingerprint density at radius 3 is 2.29 bits per heavy atom. The van der Waals surface area contributed by atoms with E-state index >= 15 is 0 Å². The van der Waals surface area contributed by atoms with Crippen molar-refractivity contribution < 1.29 is 14.4 Å². The number of nitrogens with zero attached hydrogens (tertiary/aromatic N) is 3. The number of anilines is 2. The van der Waals surface area contributed by atoms with E-state index in [1.807, 2.05) is 6.07 Å². The minimum absolute atomic E-state index is 0.285. The van der Waals surface area contributed by atoms with Crippen molar-refractivity contribution in [3.63, 3.8) is 0 Å². The van der Waals surface area contributed by atoms with Crippen LogP contribution in [0.4, 0.5) is 11.5 Å². The van der Waals surface area contributed by atoms with E-state index in [2.05, 4.69) is 10.4 Å². The molecule has 0 aliphatic carbocycles. The second-order valence-electron chi connectivity index (χ2n) is 7.64. The molecular weight excluding hydrogens is 475 g/mol. The van der Waals surface area contributed by atoms with Crippen LogP contribution < -0.4 is 10.2 Å². The summed E-state index contributed by atoms with van der Waals surface area (Å²) < 4.78 is 1.66. The first-order valence-electron chi connectivity index (χ1n) is 10.3. The largest absolute Gasteiger partial charge is 0.305 e. The van der Waals surface area contributed by atoms with Crippen molar-refractivity contribution in [1.82, 2.24) is 9.78 Å². The Morgan fingerprint density at radius 1 is 0.853 bits per heavy atom. The van der Waals surface area contributed by atoms with Crippen LogP contribution in [0.5, 0.6) is 0 Å². The topological polar surface area (TPSA) is 84.3 Å². The highest BCUT2D eigenvalue weighted by Gasteiger charge is 2.36. The van der Waals surface area contributed by atoms with Gasteiger partial charge in [0, 0.05) is 17.8 Å². The summed E-state index contributed by atoms with van der Waals surface area (Å²) in [7, 11) is 0. The van der Waals surface area contributed by atoms with Gasteiger partial charge in [0.1, 0.15) is 0 Å². The maximum atomic E-state index is 12.8.